The minimum absolute atomic E-state index is 0.587. The van der Waals surface area contributed by atoms with Crippen molar-refractivity contribution in [3.8, 4) is 5.75 Å². The summed E-state index contributed by atoms with van der Waals surface area (Å²) in [4.78, 5) is 20.8. The molecule has 18 heavy (non-hydrogen) atoms. The molecule has 0 radical (unpaired) electrons. The molecule has 0 fully saturated rings. The Kier molecular flexibility index (Phi) is 4.12. The lowest BCUT2D eigenvalue weighted by atomic mass is 10.1. The van der Waals surface area contributed by atoms with E-state index >= 15 is 0 Å². The molecule has 0 N–H and O–H groups in total. The van der Waals surface area contributed by atoms with E-state index in [1.54, 1.807) is 0 Å². The number of carbonyl (C=O) groups excluding carboxylic acids is 1. The molecule has 1 aromatic carbocycles. The third kappa shape index (κ3) is 3.33. The van der Waals surface area contributed by atoms with Crippen LogP contribution in [0.5, 0.6) is 5.75 Å². The summed E-state index contributed by atoms with van der Waals surface area (Å²) in [7, 11) is 0. The first-order chi connectivity index (χ1) is 8.26. The Morgan fingerprint density at radius 1 is 1.44 bits per heavy atom. The van der Waals surface area contributed by atoms with Crippen molar-refractivity contribution in [3.05, 3.63) is 33.9 Å². The second-order valence-corrected chi connectivity index (χ2v) is 3.28. The van der Waals surface area contributed by atoms with E-state index in [1.165, 1.54) is 0 Å². The quantitative estimate of drug-likeness (QED) is 0.369. The summed E-state index contributed by atoms with van der Waals surface area (Å²) in [5.41, 5.74) is -1.54. The van der Waals surface area contributed by atoms with Crippen molar-refractivity contribution in [2.75, 3.05) is 5.88 Å². The highest BCUT2D eigenvalue weighted by Gasteiger charge is 2.36. The summed E-state index contributed by atoms with van der Waals surface area (Å²) in [6, 6.07) is 2.84. The van der Waals surface area contributed by atoms with Gasteiger partial charge in [0.25, 0.3) is 0 Å². The second-order valence-electron chi connectivity index (χ2n) is 3.02. The van der Waals surface area contributed by atoms with Crippen molar-refractivity contribution in [3.63, 3.8) is 0 Å². The molecule has 0 bridgehead atoms. The molecule has 9 heteroatoms. The van der Waals surface area contributed by atoms with E-state index < -0.39 is 39.9 Å². The number of carbonyl (C=O) groups is 1. The first-order valence-electron chi connectivity index (χ1n) is 4.38. The van der Waals surface area contributed by atoms with Crippen molar-refractivity contribution in [1.82, 2.24) is 0 Å². The second kappa shape index (κ2) is 5.21. The molecule has 0 aromatic heterocycles. The summed E-state index contributed by atoms with van der Waals surface area (Å²) in [5, 5.41) is 10.6. The number of nitrogens with zero attached hydrogens (tertiary/aromatic N) is 1. The van der Waals surface area contributed by atoms with Gasteiger partial charge in [-0.1, -0.05) is 6.07 Å². The SMILES string of the molecule is O=C(CCl)c1cccc([N+](=O)[O-])c1OC(F)(F)F. The predicted molar refractivity (Wildman–Crippen MR) is 54.8 cm³/mol. The molecule has 1 rings (SSSR count). The van der Waals surface area contributed by atoms with Crippen LogP contribution in [0.2, 0.25) is 0 Å². The van der Waals surface area contributed by atoms with Crippen molar-refractivity contribution >= 4 is 23.1 Å². The molecule has 0 saturated heterocycles. The summed E-state index contributed by atoms with van der Waals surface area (Å²) in [6.07, 6.45) is -5.15. The molecule has 0 aliphatic carbocycles. The lowest BCUT2D eigenvalue weighted by Crippen LogP contribution is -2.20. The smallest absolute Gasteiger partial charge is 0.398 e. The Hall–Kier alpha value is -1.83. The van der Waals surface area contributed by atoms with Crippen LogP contribution in [0, 0.1) is 10.1 Å². The fourth-order valence-electron chi connectivity index (χ4n) is 1.18. The molecule has 0 saturated carbocycles. The average molecular weight is 284 g/mol. The third-order valence-corrected chi connectivity index (χ3v) is 2.07. The molecule has 0 unspecified atom stereocenters. The van der Waals surface area contributed by atoms with E-state index in [0.29, 0.717) is 0 Å². The van der Waals surface area contributed by atoms with Crippen molar-refractivity contribution in [1.29, 1.82) is 0 Å². The fourth-order valence-corrected chi connectivity index (χ4v) is 1.33. The number of nitro benzene ring substituents is 1. The molecule has 0 aliphatic heterocycles. The highest BCUT2D eigenvalue weighted by molar-refractivity contribution is 6.30. The van der Waals surface area contributed by atoms with Gasteiger partial charge in [-0.05, 0) is 6.07 Å². The predicted octanol–water partition coefficient (Wildman–Crippen LogP) is 2.91. The number of ether oxygens (including phenoxy) is 1. The van der Waals surface area contributed by atoms with Crippen LogP contribution >= 0.6 is 11.6 Å². The van der Waals surface area contributed by atoms with E-state index in [9.17, 15) is 28.1 Å². The van der Waals surface area contributed by atoms with Gasteiger partial charge in [0.15, 0.2) is 5.78 Å². The van der Waals surface area contributed by atoms with Crippen LogP contribution in [-0.2, 0) is 0 Å². The standard InChI is InChI=1S/C9H5ClF3NO4/c10-4-7(15)5-2-1-3-6(14(16)17)8(5)18-9(11,12)13/h1-3H,4H2. The molecular formula is C9H5ClF3NO4. The summed E-state index contributed by atoms with van der Waals surface area (Å²) >= 11 is 5.21. The average Bonchev–Trinajstić information content (AvgIpc) is 2.25. The Morgan fingerprint density at radius 3 is 2.50 bits per heavy atom. The molecule has 0 atom stereocenters. The number of ketones is 1. The Morgan fingerprint density at radius 2 is 2.06 bits per heavy atom. The minimum Gasteiger partial charge on any atom is -0.398 e. The summed E-state index contributed by atoms with van der Waals surface area (Å²) < 4.78 is 40.0. The lowest BCUT2D eigenvalue weighted by Gasteiger charge is -2.11. The van der Waals surface area contributed by atoms with E-state index in [4.69, 9.17) is 11.6 Å². The third-order valence-electron chi connectivity index (χ3n) is 1.83. The van der Waals surface area contributed by atoms with Crippen LogP contribution in [0.1, 0.15) is 10.4 Å². The molecule has 1 aromatic rings. The van der Waals surface area contributed by atoms with Crippen LogP contribution in [-0.4, -0.2) is 22.9 Å². The molecule has 5 nitrogen and oxygen atoms in total. The van der Waals surface area contributed by atoms with Gasteiger partial charge in [0.1, 0.15) is 0 Å². The first kappa shape index (κ1) is 14.2. The van der Waals surface area contributed by atoms with E-state index in [0.717, 1.165) is 18.2 Å². The molecule has 98 valence electrons. The largest absolute Gasteiger partial charge is 0.573 e. The topological polar surface area (TPSA) is 69.4 Å². The molecule has 0 amide bonds. The number of hydrogen-bond donors (Lipinski definition) is 0. The molecule has 0 heterocycles. The van der Waals surface area contributed by atoms with E-state index in [-0.39, 0.29) is 0 Å². The highest BCUT2D eigenvalue weighted by atomic mass is 35.5. The zero-order valence-electron chi connectivity index (χ0n) is 8.53. The fraction of sp³-hybridized carbons (Fsp3) is 0.222. The number of Topliss-reactive ketones (excluding diaryl/α,β-unsaturated/α-hetero) is 1. The van der Waals surface area contributed by atoms with Gasteiger partial charge >= 0.3 is 12.0 Å². The zero-order chi connectivity index (χ0) is 13.9. The number of rotatable bonds is 4. The number of benzene rings is 1. The number of halogens is 4. The van der Waals surface area contributed by atoms with Gasteiger partial charge in [0.2, 0.25) is 5.75 Å². The normalized spacial score (nSPS) is 11.1. The van der Waals surface area contributed by atoms with Gasteiger partial charge in [-0.2, -0.15) is 0 Å². The van der Waals surface area contributed by atoms with Crippen molar-refractivity contribution < 1.29 is 27.6 Å². The number of alkyl halides is 4. The van der Waals surface area contributed by atoms with Crippen LogP contribution < -0.4 is 4.74 Å². The minimum atomic E-state index is -5.15. The van der Waals surface area contributed by atoms with Crippen LogP contribution in [0.4, 0.5) is 18.9 Å². The zero-order valence-corrected chi connectivity index (χ0v) is 9.29. The van der Waals surface area contributed by atoms with Gasteiger partial charge in [-0.25, -0.2) is 0 Å². The number of hydrogen-bond acceptors (Lipinski definition) is 4. The molecular weight excluding hydrogens is 279 g/mol. The van der Waals surface area contributed by atoms with Gasteiger partial charge in [-0.3, -0.25) is 14.9 Å². The Labute approximate surface area is 103 Å². The van der Waals surface area contributed by atoms with E-state index in [2.05, 4.69) is 4.74 Å². The van der Waals surface area contributed by atoms with Gasteiger partial charge in [-0.15, -0.1) is 24.8 Å². The van der Waals surface area contributed by atoms with Crippen molar-refractivity contribution in [2.24, 2.45) is 0 Å². The maximum Gasteiger partial charge on any atom is 0.573 e. The summed E-state index contributed by atoms with van der Waals surface area (Å²) in [6.45, 7) is 0. The number of para-hydroxylation sites is 1. The maximum atomic E-state index is 12.1. The van der Waals surface area contributed by atoms with Crippen molar-refractivity contribution in [2.45, 2.75) is 6.36 Å². The lowest BCUT2D eigenvalue weighted by molar-refractivity contribution is -0.388. The molecule has 0 aliphatic rings. The Balaban J connectivity index is 3.39. The van der Waals surface area contributed by atoms with Crippen LogP contribution in [0.3, 0.4) is 0 Å². The summed E-state index contributed by atoms with van der Waals surface area (Å²) in [5.74, 6) is -2.67. The monoisotopic (exact) mass is 283 g/mol. The highest BCUT2D eigenvalue weighted by Crippen LogP contribution is 2.35. The van der Waals surface area contributed by atoms with Gasteiger partial charge in [0.05, 0.1) is 16.4 Å². The van der Waals surface area contributed by atoms with Gasteiger partial charge in [0, 0.05) is 6.07 Å². The van der Waals surface area contributed by atoms with Crippen LogP contribution in [0.15, 0.2) is 18.2 Å². The molecule has 0 spiro atoms. The first-order valence-corrected chi connectivity index (χ1v) is 4.92. The maximum absolute atomic E-state index is 12.1. The van der Waals surface area contributed by atoms with E-state index in [1.807, 2.05) is 0 Å². The van der Waals surface area contributed by atoms with Gasteiger partial charge < -0.3 is 4.74 Å². The Bertz CT molecular complexity index is 489. The number of nitro groups is 1. The van der Waals surface area contributed by atoms with Crippen LogP contribution in [0.25, 0.3) is 0 Å².